The number of aliphatic hydroxyl groups excluding tert-OH is 1. The van der Waals surface area contributed by atoms with Gasteiger partial charge in [-0.2, -0.15) is 4.98 Å². The number of nitrogens with zero attached hydrogens (tertiary/aromatic N) is 4. The molecule has 3 heterocycles. The van der Waals surface area contributed by atoms with Gasteiger partial charge >= 0.3 is 0 Å². The molecule has 1 aromatic heterocycles. The van der Waals surface area contributed by atoms with Crippen molar-refractivity contribution in [1.82, 2.24) is 9.97 Å². The summed E-state index contributed by atoms with van der Waals surface area (Å²) in [6.07, 6.45) is -2.30. The van der Waals surface area contributed by atoms with Crippen LogP contribution in [0.3, 0.4) is 0 Å². The maximum absolute atomic E-state index is 13.6. The van der Waals surface area contributed by atoms with Gasteiger partial charge in [0.1, 0.15) is 5.82 Å². The zero-order valence-electron chi connectivity index (χ0n) is 21.1. The fourth-order valence-electron chi connectivity index (χ4n) is 4.60. The Hall–Kier alpha value is -2.80. The normalized spacial score (nSPS) is 18.1. The van der Waals surface area contributed by atoms with E-state index in [2.05, 4.69) is 20.0 Å². The number of alkyl halides is 4. The zero-order chi connectivity index (χ0) is 27.3. The van der Waals surface area contributed by atoms with Crippen molar-refractivity contribution in [2.24, 2.45) is 5.92 Å². The van der Waals surface area contributed by atoms with Crippen molar-refractivity contribution >= 4 is 41.0 Å². The Morgan fingerprint density at radius 3 is 2.50 bits per heavy atom. The van der Waals surface area contributed by atoms with E-state index in [1.165, 1.54) is 11.9 Å². The molecule has 1 aromatic carbocycles. The van der Waals surface area contributed by atoms with Crippen LogP contribution in [0.15, 0.2) is 24.3 Å². The van der Waals surface area contributed by atoms with Gasteiger partial charge in [-0.3, -0.25) is 4.79 Å². The molecule has 0 radical (unpaired) electrons. The molecule has 0 spiro atoms. The first kappa shape index (κ1) is 28.2. The molecule has 0 unspecified atom stereocenters. The molecular formula is C25H32F4N6O2S. The van der Waals surface area contributed by atoms with Crippen LogP contribution in [-0.2, 0) is 0 Å². The molecule has 208 valence electrons. The minimum absolute atomic E-state index is 0.00630. The van der Waals surface area contributed by atoms with Crippen molar-refractivity contribution in [1.29, 1.82) is 0 Å². The summed E-state index contributed by atoms with van der Waals surface area (Å²) in [7, 11) is 0. The Labute approximate surface area is 223 Å². The summed E-state index contributed by atoms with van der Waals surface area (Å²) < 4.78 is 56.7. The van der Waals surface area contributed by atoms with Crippen LogP contribution < -0.4 is 19.8 Å². The molecule has 2 fully saturated rings. The highest BCUT2D eigenvalue weighted by atomic mass is 32.2. The lowest BCUT2D eigenvalue weighted by atomic mass is 9.96. The first-order valence-electron chi connectivity index (χ1n) is 12.6. The molecule has 2 aromatic rings. The van der Waals surface area contributed by atoms with Gasteiger partial charge in [0, 0.05) is 68.1 Å². The molecule has 1 amide bonds. The number of piperidine rings is 2. The Bertz CT molecular complexity index is 1110. The number of amides is 1. The quantitative estimate of drug-likeness (QED) is 0.230. The first-order chi connectivity index (χ1) is 18.1. The van der Waals surface area contributed by atoms with Gasteiger partial charge in [0.2, 0.25) is 12.4 Å². The summed E-state index contributed by atoms with van der Waals surface area (Å²) in [6.45, 7) is 2.75. The highest BCUT2D eigenvalue weighted by molar-refractivity contribution is 8.00. The molecule has 0 bridgehead atoms. The molecule has 0 saturated carbocycles. The molecule has 8 nitrogen and oxygen atoms in total. The Balaban J connectivity index is 1.54. The van der Waals surface area contributed by atoms with E-state index in [4.69, 9.17) is 5.11 Å². The highest BCUT2D eigenvalue weighted by Gasteiger charge is 2.35. The van der Waals surface area contributed by atoms with Crippen LogP contribution in [0.5, 0.6) is 0 Å². The summed E-state index contributed by atoms with van der Waals surface area (Å²) >= 11 is 1.31. The lowest BCUT2D eigenvalue weighted by Crippen LogP contribution is -2.40. The minimum Gasteiger partial charge on any atom is -0.395 e. The Morgan fingerprint density at radius 2 is 1.84 bits per heavy atom. The summed E-state index contributed by atoms with van der Waals surface area (Å²) in [4.78, 5) is 25.8. The Kier molecular flexibility index (Phi) is 9.19. The molecular weight excluding hydrogens is 524 g/mol. The van der Waals surface area contributed by atoms with Gasteiger partial charge in [-0.1, -0.05) is 11.9 Å². The molecule has 0 aliphatic carbocycles. The third-order valence-electron chi connectivity index (χ3n) is 6.72. The van der Waals surface area contributed by atoms with Gasteiger partial charge in [-0.15, -0.1) is 0 Å². The van der Waals surface area contributed by atoms with Crippen LogP contribution in [0.4, 0.5) is 40.7 Å². The maximum Gasteiger partial charge on any atom is 0.258 e. The van der Waals surface area contributed by atoms with Crippen LogP contribution in [0.1, 0.15) is 41.7 Å². The molecule has 2 saturated heterocycles. The number of anilines is 4. The largest absolute Gasteiger partial charge is 0.395 e. The summed E-state index contributed by atoms with van der Waals surface area (Å²) in [5, 5.41) is 11.8. The van der Waals surface area contributed by atoms with Crippen molar-refractivity contribution in [2.45, 2.75) is 45.0 Å². The molecule has 2 aliphatic rings. The predicted octanol–water partition coefficient (Wildman–Crippen LogP) is 4.81. The number of aliphatic hydroxyl groups is 1. The van der Waals surface area contributed by atoms with Crippen molar-refractivity contribution in [3.05, 3.63) is 35.5 Å². The van der Waals surface area contributed by atoms with E-state index < -0.39 is 24.2 Å². The number of halogens is 4. The van der Waals surface area contributed by atoms with E-state index in [0.29, 0.717) is 54.3 Å². The number of aryl methyl sites for hydroxylation is 1. The number of carbonyl (C=O) groups is 1. The predicted molar refractivity (Wildman–Crippen MR) is 142 cm³/mol. The average molecular weight is 557 g/mol. The van der Waals surface area contributed by atoms with E-state index in [9.17, 15) is 22.4 Å². The van der Waals surface area contributed by atoms with E-state index in [1.54, 1.807) is 36.1 Å². The van der Waals surface area contributed by atoms with Gasteiger partial charge in [0.15, 0.2) is 0 Å². The van der Waals surface area contributed by atoms with Gasteiger partial charge in [0.25, 0.3) is 11.8 Å². The van der Waals surface area contributed by atoms with Crippen molar-refractivity contribution in [3.8, 4) is 0 Å². The first-order valence-corrected chi connectivity index (χ1v) is 13.6. The zero-order valence-corrected chi connectivity index (χ0v) is 21.9. The van der Waals surface area contributed by atoms with E-state index in [0.717, 1.165) is 0 Å². The highest BCUT2D eigenvalue weighted by Crippen LogP contribution is 2.33. The molecule has 2 aliphatic heterocycles. The van der Waals surface area contributed by atoms with E-state index in [-0.39, 0.29) is 44.3 Å². The Morgan fingerprint density at radius 1 is 1.13 bits per heavy atom. The second-order valence-electron chi connectivity index (χ2n) is 9.56. The number of benzene rings is 1. The van der Waals surface area contributed by atoms with Crippen molar-refractivity contribution < 1.29 is 27.5 Å². The number of carbonyl (C=O) groups excluding carboxylic acids is 1. The number of hydrogen-bond acceptors (Lipinski definition) is 8. The second kappa shape index (κ2) is 12.4. The summed E-state index contributed by atoms with van der Waals surface area (Å²) in [5.74, 6) is -2.79. The van der Waals surface area contributed by atoms with Crippen molar-refractivity contribution in [3.63, 3.8) is 0 Å². The summed E-state index contributed by atoms with van der Waals surface area (Å²) in [5.41, 5.74) is 2.26. The lowest BCUT2D eigenvalue weighted by molar-refractivity contribution is -0.0222. The monoisotopic (exact) mass is 556 g/mol. The number of hydrogen-bond donors (Lipinski definition) is 3. The molecule has 4 rings (SSSR count). The van der Waals surface area contributed by atoms with Crippen LogP contribution in [0.25, 0.3) is 0 Å². The number of nitrogens with one attached hydrogen (secondary N) is 2. The fraction of sp³-hybridized carbons (Fsp3) is 0.560. The maximum atomic E-state index is 13.6. The molecule has 13 heteroatoms. The third kappa shape index (κ3) is 7.19. The van der Waals surface area contributed by atoms with Gasteiger partial charge in [-0.05, 0) is 38.0 Å². The third-order valence-corrected chi connectivity index (χ3v) is 7.49. The van der Waals surface area contributed by atoms with Crippen LogP contribution >= 0.6 is 11.9 Å². The van der Waals surface area contributed by atoms with Gasteiger partial charge in [0.05, 0.1) is 17.9 Å². The smallest absolute Gasteiger partial charge is 0.258 e. The number of aromatic nitrogens is 2. The SMILES string of the molecule is Cc1cc(NC(=O)c2ccc(NSCCO)cc2N2CCC(C(F)F)CC2)nc(N2CCC(F)(F)CC2)n1. The molecule has 0 atom stereocenters. The molecule has 38 heavy (non-hydrogen) atoms. The van der Waals surface area contributed by atoms with Gasteiger partial charge < -0.3 is 24.9 Å². The average Bonchev–Trinajstić information content (AvgIpc) is 2.88. The van der Waals surface area contributed by atoms with Crippen molar-refractivity contribution in [2.75, 3.05) is 58.4 Å². The fourth-order valence-corrected chi connectivity index (χ4v) is 5.08. The second-order valence-corrected chi connectivity index (χ2v) is 10.5. The van der Waals surface area contributed by atoms with Crippen LogP contribution in [0, 0.1) is 12.8 Å². The topological polar surface area (TPSA) is 93.6 Å². The van der Waals surface area contributed by atoms with E-state index in [1.807, 2.05) is 4.90 Å². The van der Waals surface area contributed by atoms with Crippen LogP contribution in [0.2, 0.25) is 0 Å². The minimum atomic E-state index is -2.70. The van der Waals surface area contributed by atoms with E-state index >= 15 is 0 Å². The van der Waals surface area contributed by atoms with Crippen LogP contribution in [-0.4, -0.2) is 71.9 Å². The standard InChI is InChI=1S/C25H32F4N6O2S/c1-16-14-21(32-24(30-16)35-10-6-25(28,29)7-11-35)31-23(37)19-3-2-18(33-38-13-12-36)15-20(19)34-8-4-17(5-9-34)22(26)27/h2-3,14-15,17,22,33,36H,4-13H2,1H3,(H,30,31,32,37). The van der Waals surface area contributed by atoms with Gasteiger partial charge in [-0.25, -0.2) is 22.5 Å². The summed E-state index contributed by atoms with van der Waals surface area (Å²) in [6, 6.07) is 6.80. The number of rotatable bonds is 9. The lowest BCUT2D eigenvalue weighted by Gasteiger charge is -2.34. The molecule has 3 N–H and O–H groups in total.